The van der Waals surface area contributed by atoms with E-state index in [1.54, 1.807) is 0 Å². The molecule has 0 fully saturated rings. The molecule has 1 heterocycles. The van der Waals surface area contributed by atoms with Crippen LogP contribution in [0.3, 0.4) is 0 Å². The number of cyclic esters (lactones) is 1. The van der Waals surface area contributed by atoms with Crippen molar-refractivity contribution in [3.63, 3.8) is 0 Å². The molecule has 29 heavy (non-hydrogen) atoms. The highest BCUT2D eigenvalue weighted by Crippen LogP contribution is 2.42. The van der Waals surface area contributed by atoms with Crippen LogP contribution in [-0.2, 0) is 22.6 Å². The molecule has 2 rings (SSSR count). The van der Waals surface area contributed by atoms with Crippen LogP contribution in [0.15, 0.2) is 23.3 Å². The van der Waals surface area contributed by atoms with Crippen molar-refractivity contribution in [3.05, 3.63) is 45.6 Å². The number of hydrogen-bond acceptors (Lipinski definition) is 5. The number of esters is 1. The highest BCUT2D eigenvalue weighted by Gasteiger charge is 2.31. The Labute approximate surface area is 171 Å². The maximum Gasteiger partial charge on any atom is 0.342 e. The molecule has 0 spiro atoms. The van der Waals surface area contributed by atoms with Gasteiger partial charge in [0.05, 0.1) is 13.0 Å². The van der Waals surface area contributed by atoms with E-state index < -0.39 is 17.9 Å². The van der Waals surface area contributed by atoms with Gasteiger partial charge in [-0.3, -0.25) is 4.79 Å². The van der Waals surface area contributed by atoms with Gasteiger partial charge in [-0.2, -0.15) is 0 Å². The van der Waals surface area contributed by atoms with Crippen molar-refractivity contribution in [2.75, 3.05) is 7.11 Å². The Kier molecular flexibility index (Phi) is 7.48. The number of methoxy groups -OCH3 is 1. The van der Waals surface area contributed by atoms with Crippen LogP contribution in [0.2, 0.25) is 0 Å². The van der Waals surface area contributed by atoms with E-state index in [0.29, 0.717) is 36.1 Å². The topological polar surface area (TPSA) is 93.1 Å². The zero-order valence-electron chi connectivity index (χ0n) is 17.8. The fraction of sp³-hybridized carbons (Fsp3) is 0.478. The average Bonchev–Trinajstić information content (AvgIpc) is 3.05. The zero-order valence-corrected chi connectivity index (χ0v) is 17.8. The van der Waals surface area contributed by atoms with Crippen molar-refractivity contribution >= 4 is 11.9 Å². The molecule has 158 valence electrons. The number of aromatic hydroxyl groups is 1. The number of carbonyl (C=O) groups is 2. The van der Waals surface area contributed by atoms with E-state index in [1.165, 1.54) is 7.11 Å². The third kappa shape index (κ3) is 5.00. The molecule has 6 nitrogen and oxygen atoms in total. The van der Waals surface area contributed by atoms with E-state index in [-0.39, 0.29) is 17.9 Å². The van der Waals surface area contributed by atoms with Crippen LogP contribution in [0.1, 0.15) is 67.1 Å². The van der Waals surface area contributed by atoms with Gasteiger partial charge in [0, 0.05) is 11.1 Å². The molecule has 0 saturated carbocycles. The number of benzene rings is 1. The molecule has 1 aliphatic rings. The van der Waals surface area contributed by atoms with Gasteiger partial charge in [0.1, 0.15) is 23.7 Å². The monoisotopic (exact) mass is 402 g/mol. The third-order valence-corrected chi connectivity index (χ3v) is 5.34. The number of carboxylic acid groups (broad SMARTS) is 1. The van der Waals surface area contributed by atoms with Gasteiger partial charge in [0.15, 0.2) is 0 Å². The summed E-state index contributed by atoms with van der Waals surface area (Å²) in [5.74, 6) is -1.45. The van der Waals surface area contributed by atoms with E-state index in [2.05, 4.69) is 0 Å². The first-order chi connectivity index (χ1) is 13.7. The number of hydrogen-bond donors (Lipinski definition) is 2. The van der Waals surface area contributed by atoms with E-state index in [4.69, 9.17) is 9.47 Å². The molecular formula is C23H30O6. The first kappa shape index (κ1) is 22.5. The van der Waals surface area contributed by atoms with Gasteiger partial charge >= 0.3 is 11.9 Å². The summed E-state index contributed by atoms with van der Waals surface area (Å²) in [7, 11) is 1.52. The Balaban J connectivity index is 2.27. The maximum absolute atomic E-state index is 12.0. The minimum Gasteiger partial charge on any atom is -0.507 e. The smallest absolute Gasteiger partial charge is 0.342 e. The standard InChI is InChI=1S/C23H30O6/c1-6-7-13(2)10-16(22(25)26)11-14(3)8-9-17-20(24)19-18(12-29-23(19)27)15(4)21(17)28-5/h7-8,16,24H,6,9-12H2,1-5H3,(H,25,26)/b13-7+,14-8+. The van der Waals surface area contributed by atoms with Crippen LogP contribution >= 0.6 is 0 Å². The molecule has 0 saturated heterocycles. The van der Waals surface area contributed by atoms with Crippen molar-refractivity contribution in [1.29, 1.82) is 0 Å². The normalized spacial score (nSPS) is 15.1. The lowest BCUT2D eigenvalue weighted by molar-refractivity contribution is -0.141. The molecule has 1 aromatic carbocycles. The Hall–Kier alpha value is -2.76. The summed E-state index contributed by atoms with van der Waals surface area (Å²) in [5, 5.41) is 20.2. The van der Waals surface area contributed by atoms with Crippen molar-refractivity contribution in [3.8, 4) is 11.5 Å². The van der Waals surface area contributed by atoms with Gasteiger partial charge in [0.25, 0.3) is 0 Å². The van der Waals surface area contributed by atoms with E-state index in [1.807, 2.05) is 39.8 Å². The second-order valence-corrected chi connectivity index (χ2v) is 7.57. The summed E-state index contributed by atoms with van der Waals surface area (Å²) in [6, 6.07) is 0. The summed E-state index contributed by atoms with van der Waals surface area (Å²) in [4.78, 5) is 23.6. The van der Waals surface area contributed by atoms with Gasteiger partial charge in [0.2, 0.25) is 0 Å². The number of phenols is 1. The summed E-state index contributed by atoms with van der Waals surface area (Å²) in [6.45, 7) is 7.83. The molecule has 0 amide bonds. The van der Waals surface area contributed by atoms with Crippen molar-refractivity contribution in [2.45, 2.75) is 60.0 Å². The molecule has 0 aliphatic carbocycles. The third-order valence-electron chi connectivity index (χ3n) is 5.34. The molecule has 1 aromatic rings. The molecule has 6 heteroatoms. The lowest BCUT2D eigenvalue weighted by Crippen LogP contribution is -2.14. The number of aliphatic carboxylic acids is 1. The summed E-state index contributed by atoms with van der Waals surface area (Å²) in [5.41, 5.74) is 4.11. The zero-order chi connectivity index (χ0) is 21.7. The molecule has 0 aromatic heterocycles. The minimum absolute atomic E-state index is 0.120. The van der Waals surface area contributed by atoms with Crippen LogP contribution in [-0.4, -0.2) is 29.3 Å². The lowest BCUT2D eigenvalue weighted by Gasteiger charge is -2.16. The van der Waals surface area contributed by atoms with Gasteiger partial charge < -0.3 is 19.7 Å². The number of rotatable bonds is 9. The predicted octanol–water partition coefficient (Wildman–Crippen LogP) is 4.71. The summed E-state index contributed by atoms with van der Waals surface area (Å²) < 4.78 is 10.6. The van der Waals surface area contributed by atoms with Crippen LogP contribution < -0.4 is 4.74 Å². The van der Waals surface area contributed by atoms with E-state index in [0.717, 1.165) is 23.1 Å². The van der Waals surface area contributed by atoms with Crippen LogP contribution in [0.25, 0.3) is 0 Å². The Morgan fingerprint density at radius 3 is 2.41 bits per heavy atom. The number of carboxylic acids is 1. The molecule has 2 N–H and O–H groups in total. The first-order valence-electron chi connectivity index (χ1n) is 9.83. The highest BCUT2D eigenvalue weighted by atomic mass is 16.5. The summed E-state index contributed by atoms with van der Waals surface area (Å²) in [6.07, 6.45) is 6.07. The lowest BCUT2D eigenvalue weighted by atomic mass is 9.91. The SMILES string of the molecule is CC/C=C(\C)CC(C/C(C)=C/Cc1c(O)c2c(c(C)c1OC)COC2=O)C(=O)O. The van der Waals surface area contributed by atoms with Crippen molar-refractivity contribution in [1.82, 2.24) is 0 Å². The fourth-order valence-electron chi connectivity index (χ4n) is 3.84. The number of carbonyl (C=O) groups excluding carboxylic acids is 1. The Morgan fingerprint density at radius 1 is 1.24 bits per heavy atom. The van der Waals surface area contributed by atoms with Crippen LogP contribution in [0.4, 0.5) is 0 Å². The second kappa shape index (κ2) is 9.63. The van der Waals surface area contributed by atoms with Crippen molar-refractivity contribution in [2.24, 2.45) is 5.92 Å². The molecule has 0 radical (unpaired) electrons. The molecule has 0 bridgehead atoms. The largest absolute Gasteiger partial charge is 0.507 e. The van der Waals surface area contributed by atoms with E-state index >= 15 is 0 Å². The Morgan fingerprint density at radius 2 is 1.86 bits per heavy atom. The number of phenolic OH excluding ortho intramolecular Hbond substituents is 1. The maximum atomic E-state index is 12.0. The highest BCUT2D eigenvalue weighted by molar-refractivity contribution is 5.98. The van der Waals surface area contributed by atoms with Gasteiger partial charge in [-0.05, 0) is 52.0 Å². The second-order valence-electron chi connectivity index (χ2n) is 7.57. The Bertz CT molecular complexity index is 863. The van der Waals surface area contributed by atoms with Gasteiger partial charge in [-0.25, -0.2) is 4.79 Å². The quantitative estimate of drug-likeness (QED) is 0.459. The first-order valence-corrected chi connectivity index (χ1v) is 9.83. The van der Waals surface area contributed by atoms with Crippen molar-refractivity contribution < 1.29 is 29.3 Å². The summed E-state index contributed by atoms with van der Waals surface area (Å²) >= 11 is 0. The number of ether oxygens (including phenoxy) is 2. The minimum atomic E-state index is -0.821. The number of allylic oxidation sites excluding steroid dienone is 4. The fourth-order valence-corrected chi connectivity index (χ4v) is 3.84. The molecule has 1 atom stereocenters. The molecular weight excluding hydrogens is 372 g/mol. The van der Waals surface area contributed by atoms with Crippen LogP contribution in [0.5, 0.6) is 11.5 Å². The molecule has 1 aliphatic heterocycles. The van der Waals surface area contributed by atoms with E-state index in [9.17, 15) is 19.8 Å². The van der Waals surface area contributed by atoms with Crippen LogP contribution in [0, 0.1) is 12.8 Å². The van der Waals surface area contributed by atoms with Gasteiger partial charge in [-0.1, -0.05) is 30.2 Å². The predicted molar refractivity (Wildman–Crippen MR) is 110 cm³/mol. The van der Waals surface area contributed by atoms with Gasteiger partial charge in [-0.15, -0.1) is 0 Å². The average molecular weight is 402 g/mol. The number of fused-ring (bicyclic) bond motifs is 1. The molecule has 1 unspecified atom stereocenters.